The summed E-state index contributed by atoms with van der Waals surface area (Å²) < 4.78 is 5.80. The summed E-state index contributed by atoms with van der Waals surface area (Å²) >= 11 is 2.93. The summed E-state index contributed by atoms with van der Waals surface area (Å²) in [5.41, 5.74) is 2.30. The van der Waals surface area contributed by atoms with Gasteiger partial charge in [-0.25, -0.2) is 0 Å². The van der Waals surface area contributed by atoms with E-state index >= 15 is 0 Å². The molecule has 1 aromatic carbocycles. The van der Waals surface area contributed by atoms with E-state index in [1.54, 1.807) is 7.11 Å². The molecule has 0 saturated carbocycles. The smallest absolute Gasteiger partial charge is 0.240 e. The van der Waals surface area contributed by atoms with Crippen molar-refractivity contribution in [2.24, 2.45) is 0 Å². The quantitative estimate of drug-likeness (QED) is 0.590. The molecule has 25 heavy (non-hydrogen) atoms. The highest BCUT2D eigenvalue weighted by Crippen LogP contribution is 2.32. The monoisotopic (exact) mass is 378 g/mol. The lowest BCUT2D eigenvalue weighted by atomic mass is 10.0. The largest absolute Gasteiger partial charge is 0.383 e. The second-order valence-electron chi connectivity index (χ2n) is 5.77. The number of hydrogen-bond donors (Lipinski definition) is 1. The van der Waals surface area contributed by atoms with Crippen LogP contribution in [0.5, 0.6) is 0 Å². The van der Waals surface area contributed by atoms with Gasteiger partial charge in [-0.15, -0.1) is 10.2 Å². The molecule has 1 atom stereocenters. The van der Waals surface area contributed by atoms with Crippen LogP contribution in [0.15, 0.2) is 28.6 Å². The molecule has 2 heterocycles. The Morgan fingerprint density at radius 1 is 1.44 bits per heavy atom. The number of anilines is 2. The average Bonchev–Trinajstić information content (AvgIpc) is 3.08. The summed E-state index contributed by atoms with van der Waals surface area (Å²) in [6.07, 6.45) is 2.04. The Kier molecular flexibility index (Phi) is 6.28. The van der Waals surface area contributed by atoms with Crippen LogP contribution in [0.4, 0.5) is 10.8 Å². The summed E-state index contributed by atoms with van der Waals surface area (Å²) in [5, 5.41) is 12.0. The number of hydrogen-bond acceptors (Lipinski definition) is 7. The second-order valence-corrected chi connectivity index (χ2v) is 8.34. The van der Waals surface area contributed by atoms with Crippen molar-refractivity contribution < 1.29 is 9.53 Å². The van der Waals surface area contributed by atoms with Crippen molar-refractivity contribution in [3.63, 3.8) is 0 Å². The van der Waals surface area contributed by atoms with Gasteiger partial charge in [-0.05, 0) is 31.4 Å². The van der Waals surface area contributed by atoms with Crippen molar-refractivity contribution in [2.75, 3.05) is 37.0 Å². The van der Waals surface area contributed by atoms with E-state index in [0.717, 1.165) is 34.5 Å². The number of amides is 1. The van der Waals surface area contributed by atoms with Crippen LogP contribution < -0.4 is 10.2 Å². The number of carbonyl (C=O) groups excluding carboxylic acids is 1. The summed E-state index contributed by atoms with van der Waals surface area (Å²) in [6, 6.07) is 8.16. The molecule has 1 aliphatic heterocycles. The van der Waals surface area contributed by atoms with Crippen molar-refractivity contribution in [3.8, 4) is 0 Å². The fraction of sp³-hybridized carbons (Fsp3) is 0.471. The van der Waals surface area contributed by atoms with Crippen LogP contribution in [0.3, 0.4) is 0 Å². The molecule has 0 saturated heterocycles. The molecule has 1 amide bonds. The zero-order valence-corrected chi connectivity index (χ0v) is 16.0. The molecule has 8 heteroatoms. The first kappa shape index (κ1) is 18.2. The summed E-state index contributed by atoms with van der Waals surface area (Å²) in [7, 11) is 1.66. The minimum atomic E-state index is -0.203. The maximum Gasteiger partial charge on any atom is 0.240 e. The van der Waals surface area contributed by atoms with Gasteiger partial charge in [0.05, 0.1) is 11.9 Å². The topological polar surface area (TPSA) is 67.3 Å². The number of ether oxygens (including phenoxy) is 1. The van der Waals surface area contributed by atoms with E-state index in [1.807, 2.05) is 30.0 Å². The van der Waals surface area contributed by atoms with Crippen LogP contribution >= 0.6 is 23.1 Å². The van der Waals surface area contributed by atoms with Gasteiger partial charge in [-0.3, -0.25) is 4.79 Å². The third-order valence-corrected chi connectivity index (χ3v) is 6.04. The first-order chi connectivity index (χ1) is 12.2. The molecular formula is C17H22N4O2S2. The van der Waals surface area contributed by atoms with E-state index in [4.69, 9.17) is 4.74 Å². The van der Waals surface area contributed by atoms with Crippen LogP contribution in [-0.2, 0) is 16.0 Å². The van der Waals surface area contributed by atoms with E-state index in [9.17, 15) is 4.79 Å². The van der Waals surface area contributed by atoms with Gasteiger partial charge in [0.2, 0.25) is 11.0 Å². The number of aromatic nitrogens is 2. The molecule has 3 rings (SSSR count). The highest BCUT2D eigenvalue weighted by atomic mass is 32.2. The Bertz CT molecular complexity index is 722. The molecule has 0 spiro atoms. The van der Waals surface area contributed by atoms with E-state index < -0.39 is 0 Å². The lowest BCUT2D eigenvalue weighted by Gasteiger charge is -2.31. The minimum absolute atomic E-state index is 0.126. The lowest BCUT2D eigenvalue weighted by Crippen LogP contribution is -2.40. The predicted molar refractivity (Wildman–Crippen MR) is 103 cm³/mol. The molecule has 0 fully saturated rings. The number of benzene rings is 1. The number of methoxy groups -OCH3 is 1. The number of carbonyl (C=O) groups is 1. The zero-order chi connectivity index (χ0) is 17.6. The predicted octanol–water partition coefficient (Wildman–Crippen LogP) is 3.06. The number of para-hydroxylation sites is 1. The number of nitrogens with one attached hydrogen (secondary N) is 1. The van der Waals surface area contributed by atoms with Gasteiger partial charge in [-0.2, -0.15) is 0 Å². The number of rotatable bonds is 7. The highest BCUT2D eigenvalue weighted by molar-refractivity contribution is 8.02. The normalized spacial score (nSPS) is 14.9. The summed E-state index contributed by atoms with van der Waals surface area (Å²) in [4.78, 5) is 14.8. The molecule has 0 aliphatic carbocycles. The van der Waals surface area contributed by atoms with Crippen molar-refractivity contribution in [2.45, 2.75) is 29.4 Å². The van der Waals surface area contributed by atoms with Crippen molar-refractivity contribution in [1.82, 2.24) is 10.2 Å². The minimum Gasteiger partial charge on any atom is -0.383 e. The molecule has 0 bridgehead atoms. The molecule has 0 radical (unpaired) electrons. The Balaban J connectivity index is 1.62. The molecule has 1 unspecified atom stereocenters. The first-order valence-electron chi connectivity index (χ1n) is 8.31. The first-order valence-corrected chi connectivity index (χ1v) is 10.0. The molecule has 134 valence electrons. The lowest BCUT2D eigenvalue weighted by molar-refractivity contribution is -0.117. The maximum absolute atomic E-state index is 12.9. The Morgan fingerprint density at radius 2 is 2.28 bits per heavy atom. The Morgan fingerprint density at radius 3 is 3.12 bits per heavy atom. The Labute approximate surface area is 156 Å². The molecule has 1 aliphatic rings. The third kappa shape index (κ3) is 4.50. The molecule has 6 nitrogen and oxygen atoms in total. The molecule has 1 N–H and O–H groups in total. The van der Waals surface area contributed by atoms with E-state index in [0.29, 0.717) is 13.2 Å². The average molecular weight is 379 g/mol. The zero-order valence-electron chi connectivity index (χ0n) is 14.4. The molecule has 2 aromatic rings. The van der Waals surface area contributed by atoms with Gasteiger partial charge < -0.3 is 15.0 Å². The van der Waals surface area contributed by atoms with Crippen LogP contribution in [0.1, 0.15) is 18.9 Å². The molecular weight excluding hydrogens is 356 g/mol. The van der Waals surface area contributed by atoms with Crippen LogP contribution in [0, 0.1) is 0 Å². The van der Waals surface area contributed by atoms with E-state index in [-0.39, 0.29) is 11.2 Å². The summed E-state index contributed by atoms with van der Waals surface area (Å²) in [6.45, 7) is 4.02. The number of nitrogens with zero attached hydrogens (tertiary/aromatic N) is 3. The van der Waals surface area contributed by atoms with Gasteiger partial charge in [0.15, 0.2) is 4.34 Å². The van der Waals surface area contributed by atoms with E-state index in [1.165, 1.54) is 28.7 Å². The van der Waals surface area contributed by atoms with Crippen molar-refractivity contribution in [1.29, 1.82) is 0 Å². The summed E-state index contributed by atoms with van der Waals surface area (Å²) in [5.74, 6) is 0.126. The van der Waals surface area contributed by atoms with Gasteiger partial charge in [-0.1, -0.05) is 41.3 Å². The van der Waals surface area contributed by atoms with Crippen LogP contribution in [0.2, 0.25) is 0 Å². The van der Waals surface area contributed by atoms with Crippen LogP contribution in [-0.4, -0.2) is 48.2 Å². The second kappa shape index (κ2) is 8.64. The van der Waals surface area contributed by atoms with Crippen molar-refractivity contribution in [3.05, 3.63) is 29.8 Å². The van der Waals surface area contributed by atoms with Gasteiger partial charge >= 0.3 is 0 Å². The van der Waals surface area contributed by atoms with Gasteiger partial charge in [0.25, 0.3) is 0 Å². The number of aryl methyl sites for hydroxylation is 1. The number of fused-ring (bicyclic) bond motifs is 1. The fourth-order valence-corrected chi connectivity index (χ4v) is 4.76. The highest BCUT2D eigenvalue weighted by Gasteiger charge is 2.27. The molecule has 1 aromatic heterocycles. The van der Waals surface area contributed by atoms with Gasteiger partial charge in [0, 0.05) is 25.9 Å². The number of thioether (sulfide) groups is 1. The third-order valence-electron chi connectivity index (χ3n) is 3.99. The van der Waals surface area contributed by atoms with E-state index in [2.05, 4.69) is 21.6 Å². The maximum atomic E-state index is 12.9. The Hall–Kier alpha value is -1.64. The standard InChI is InChI=1S/C17H22N4O2S2/c1-12(24-17-20-19-16(25-17)18-9-11-23-2)15(22)21-10-5-7-13-6-3-4-8-14(13)21/h3-4,6,8,12H,5,7,9-11H2,1-2H3,(H,18,19). The SMILES string of the molecule is COCCNc1nnc(SC(C)C(=O)N2CCCc3ccccc32)s1. The van der Waals surface area contributed by atoms with Crippen LogP contribution in [0.25, 0.3) is 0 Å². The van der Waals surface area contributed by atoms with Crippen molar-refractivity contribution >= 4 is 39.8 Å². The fourth-order valence-electron chi connectivity index (χ4n) is 2.77. The van der Waals surface area contributed by atoms with Gasteiger partial charge in [0.1, 0.15) is 0 Å².